The number of para-hydroxylation sites is 4. The zero-order valence-corrected chi connectivity index (χ0v) is 22.3. The van der Waals surface area contributed by atoms with Gasteiger partial charge in [0, 0.05) is 32.6 Å². The highest BCUT2D eigenvalue weighted by atomic mass is 16.4. The summed E-state index contributed by atoms with van der Waals surface area (Å²) in [6.07, 6.45) is 0. The predicted molar refractivity (Wildman–Crippen MR) is 170 cm³/mol. The molecule has 0 amide bonds. The second-order valence-electron chi connectivity index (χ2n) is 10.8. The van der Waals surface area contributed by atoms with Crippen LogP contribution in [0.5, 0.6) is 0 Å². The van der Waals surface area contributed by atoms with Gasteiger partial charge < -0.3 is 13.4 Å². The number of fused-ring (bicyclic) bond motifs is 11. The molecule has 0 aliphatic heterocycles. The van der Waals surface area contributed by atoms with Gasteiger partial charge in [-0.3, -0.25) is 4.57 Å². The van der Waals surface area contributed by atoms with E-state index in [-0.39, 0.29) is 0 Å². The van der Waals surface area contributed by atoms with E-state index < -0.39 is 0 Å². The number of furan rings is 1. The SMILES string of the molecule is c1ccc2c(c1)oc1ccc3oc(-n4c5ccccc5c5ccc(-n6c7ccccc7c7ccccc76)cc54)nc3c12. The molecule has 0 unspecified atom stereocenters. The van der Waals surface area contributed by atoms with Crippen molar-refractivity contribution in [3.63, 3.8) is 0 Å². The molecule has 5 heteroatoms. The topological polar surface area (TPSA) is 49.0 Å². The first-order chi connectivity index (χ1) is 20.8. The normalized spacial score (nSPS) is 12.3. The molecule has 10 rings (SSSR count). The van der Waals surface area contributed by atoms with E-state index in [9.17, 15) is 0 Å². The van der Waals surface area contributed by atoms with Gasteiger partial charge in [0.25, 0.3) is 0 Å². The zero-order chi connectivity index (χ0) is 27.4. The molecule has 0 saturated heterocycles. The summed E-state index contributed by atoms with van der Waals surface area (Å²) in [5.74, 6) is 0. The van der Waals surface area contributed by atoms with Crippen LogP contribution in [-0.4, -0.2) is 14.1 Å². The van der Waals surface area contributed by atoms with Gasteiger partial charge in [-0.15, -0.1) is 0 Å². The van der Waals surface area contributed by atoms with Crippen LogP contribution in [0, 0.1) is 0 Å². The number of hydrogen-bond donors (Lipinski definition) is 0. The number of hydrogen-bond acceptors (Lipinski definition) is 3. The van der Waals surface area contributed by atoms with Crippen LogP contribution in [0.25, 0.3) is 88.4 Å². The van der Waals surface area contributed by atoms with E-state index in [0.717, 1.165) is 60.5 Å². The third-order valence-electron chi connectivity index (χ3n) is 8.57. The molecule has 0 atom stereocenters. The standard InChI is InChI=1S/C37H21N3O2/c1-5-13-28-23(9-1)24-10-2-6-14-29(24)39(28)22-17-18-26-25-11-3-7-15-30(25)40(31(26)21-22)37-38-36-34(42-37)20-19-33-35(36)27-12-4-8-16-32(27)41-33/h1-21H. The van der Waals surface area contributed by atoms with Gasteiger partial charge in [0.2, 0.25) is 0 Å². The fourth-order valence-electron chi connectivity index (χ4n) is 6.79. The van der Waals surface area contributed by atoms with Gasteiger partial charge in [0.15, 0.2) is 5.58 Å². The van der Waals surface area contributed by atoms with Crippen molar-refractivity contribution in [2.45, 2.75) is 0 Å². The molecule has 0 fully saturated rings. The number of oxazole rings is 1. The Kier molecular flexibility index (Phi) is 4.12. The second-order valence-corrected chi connectivity index (χ2v) is 10.8. The second kappa shape index (κ2) is 7.89. The van der Waals surface area contributed by atoms with Gasteiger partial charge in [0.1, 0.15) is 16.7 Å². The Hall–Kier alpha value is -5.81. The lowest BCUT2D eigenvalue weighted by atomic mass is 10.1. The third kappa shape index (κ3) is 2.79. The minimum Gasteiger partial charge on any atom is -0.456 e. The number of benzene rings is 6. The summed E-state index contributed by atoms with van der Waals surface area (Å²) in [6, 6.07) is 44.9. The van der Waals surface area contributed by atoms with E-state index in [1.165, 1.54) is 21.8 Å². The van der Waals surface area contributed by atoms with Gasteiger partial charge in [-0.2, -0.15) is 4.98 Å². The van der Waals surface area contributed by atoms with Crippen molar-refractivity contribution in [2.75, 3.05) is 0 Å². The molecular weight excluding hydrogens is 518 g/mol. The molecule has 0 spiro atoms. The Morgan fingerprint density at radius 1 is 0.429 bits per heavy atom. The third-order valence-corrected chi connectivity index (χ3v) is 8.57. The number of nitrogens with zero attached hydrogens (tertiary/aromatic N) is 3. The predicted octanol–water partition coefficient (Wildman–Crippen LogP) is 9.92. The molecule has 0 N–H and O–H groups in total. The maximum atomic E-state index is 6.53. The Morgan fingerprint density at radius 2 is 1.00 bits per heavy atom. The minimum absolute atomic E-state index is 0.536. The molecule has 0 radical (unpaired) electrons. The van der Waals surface area contributed by atoms with Crippen LogP contribution in [0.4, 0.5) is 0 Å². The van der Waals surface area contributed by atoms with Crippen LogP contribution >= 0.6 is 0 Å². The van der Waals surface area contributed by atoms with Crippen LogP contribution in [0.1, 0.15) is 0 Å². The molecule has 0 aliphatic rings. The van der Waals surface area contributed by atoms with E-state index in [2.05, 4.69) is 106 Å². The molecule has 196 valence electrons. The molecule has 10 aromatic rings. The summed E-state index contributed by atoms with van der Waals surface area (Å²) in [7, 11) is 0. The molecule has 5 nitrogen and oxygen atoms in total. The highest BCUT2D eigenvalue weighted by Crippen LogP contribution is 2.39. The fraction of sp³-hybridized carbons (Fsp3) is 0. The summed E-state index contributed by atoms with van der Waals surface area (Å²) in [4.78, 5) is 5.13. The van der Waals surface area contributed by atoms with Gasteiger partial charge in [-0.25, -0.2) is 0 Å². The largest absolute Gasteiger partial charge is 0.456 e. The van der Waals surface area contributed by atoms with E-state index in [4.69, 9.17) is 13.8 Å². The fourth-order valence-corrected chi connectivity index (χ4v) is 6.79. The van der Waals surface area contributed by atoms with Crippen LogP contribution in [-0.2, 0) is 0 Å². The van der Waals surface area contributed by atoms with Gasteiger partial charge in [-0.1, -0.05) is 78.9 Å². The van der Waals surface area contributed by atoms with Gasteiger partial charge in [0.05, 0.1) is 27.5 Å². The Balaban J connectivity index is 1.30. The van der Waals surface area contributed by atoms with Crippen molar-refractivity contribution in [3.05, 3.63) is 127 Å². The molecule has 6 aromatic carbocycles. The summed E-state index contributed by atoms with van der Waals surface area (Å²) in [5.41, 5.74) is 8.71. The van der Waals surface area contributed by atoms with Crippen molar-refractivity contribution in [1.29, 1.82) is 0 Å². The number of aromatic nitrogens is 3. The smallest absolute Gasteiger partial charge is 0.307 e. The summed E-state index contributed by atoms with van der Waals surface area (Å²) in [5, 5.41) is 6.80. The molecule has 4 aromatic heterocycles. The minimum atomic E-state index is 0.536. The zero-order valence-electron chi connectivity index (χ0n) is 22.3. The quantitative estimate of drug-likeness (QED) is 0.220. The summed E-state index contributed by atoms with van der Waals surface area (Å²) >= 11 is 0. The molecule has 0 bridgehead atoms. The highest BCUT2D eigenvalue weighted by molar-refractivity contribution is 6.17. The van der Waals surface area contributed by atoms with Crippen LogP contribution < -0.4 is 0 Å². The van der Waals surface area contributed by atoms with E-state index in [0.29, 0.717) is 6.01 Å². The molecule has 0 aliphatic carbocycles. The highest BCUT2D eigenvalue weighted by Gasteiger charge is 2.21. The summed E-state index contributed by atoms with van der Waals surface area (Å²) < 4.78 is 17.2. The first-order valence-electron chi connectivity index (χ1n) is 14.1. The van der Waals surface area contributed by atoms with Crippen molar-refractivity contribution >= 4 is 76.6 Å². The van der Waals surface area contributed by atoms with Crippen LogP contribution in [0.2, 0.25) is 0 Å². The Morgan fingerprint density at radius 3 is 1.71 bits per heavy atom. The maximum absolute atomic E-state index is 6.53. The van der Waals surface area contributed by atoms with Crippen molar-refractivity contribution in [3.8, 4) is 11.7 Å². The maximum Gasteiger partial charge on any atom is 0.307 e. The van der Waals surface area contributed by atoms with E-state index >= 15 is 0 Å². The first-order valence-corrected chi connectivity index (χ1v) is 14.1. The van der Waals surface area contributed by atoms with Gasteiger partial charge >= 0.3 is 6.01 Å². The Bertz CT molecular complexity index is 2650. The average molecular weight is 540 g/mol. The lowest BCUT2D eigenvalue weighted by Crippen LogP contribution is -1.97. The number of rotatable bonds is 2. The van der Waals surface area contributed by atoms with E-state index in [1.54, 1.807) is 0 Å². The molecule has 4 heterocycles. The van der Waals surface area contributed by atoms with Gasteiger partial charge in [-0.05, 0) is 48.5 Å². The van der Waals surface area contributed by atoms with E-state index in [1.807, 2.05) is 30.3 Å². The first kappa shape index (κ1) is 21.9. The van der Waals surface area contributed by atoms with Crippen molar-refractivity contribution in [2.24, 2.45) is 0 Å². The molecular formula is C37H21N3O2. The summed E-state index contributed by atoms with van der Waals surface area (Å²) in [6.45, 7) is 0. The lowest BCUT2D eigenvalue weighted by Gasteiger charge is -2.09. The monoisotopic (exact) mass is 539 g/mol. The van der Waals surface area contributed by atoms with Crippen LogP contribution in [0.15, 0.2) is 136 Å². The molecule has 42 heavy (non-hydrogen) atoms. The van der Waals surface area contributed by atoms with Crippen molar-refractivity contribution < 1.29 is 8.83 Å². The molecule has 0 saturated carbocycles. The Labute approximate surface area is 238 Å². The van der Waals surface area contributed by atoms with Crippen molar-refractivity contribution in [1.82, 2.24) is 14.1 Å². The van der Waals surface area contributed by atoms with Crippen LogP contribution in [0.3, 0.4) is 0 Å². The average Bonchev–Trinajstić information content (AvgIpc) is 3.79. The lowest BCUT2D eigenvalue weighted by molar-refractivity contribution is 0.574.